The van der Waals surface area contributed by atoms with Gasteiger partial charge < -0.3 is 10.1 Å². The molecule has 1 fully saturated rings. The summed E-state index contributed by atoms with van der Waals surface area (Å²) in [5, 5.41) is 14.2. The normalized spacial score (nSPS) is 16.3. The van der Waals surface area contributed by atoms with Gasteiger partial charge >= 0.3 is 0 Å². The molecule has 0 aromatic heterocycles. The number of para-hydroxylation sites is 1. The van der Waals surface area contributed by atoms with Crippen molar-refractivity contribution in [2.24, 2.45) is 4.99 Å². The van der Waals surface area contributed by atoms with Gasteiger partial charge in [0.2, 0.25) is 0 Å². The maximum atomic E-state index is 12.4. The average molecular weight is 385 g/mol. The molecule has 1 amide bonds. The van der Waals surface area contributed by atoms with Gasteiger partial charge in [-0.1, -0.05) is 54.6 Å². The number of aliphatic imine (C=N–C) groups is 1. The van der Waals surface area contributed by atoms with Crippen LogP contribution in [0.3, 0.4) is 0 Å². The molecule has 1 aliphatic rings. The number of hydrogen-bond acceptors (Lipinski definition) is 5. The number of nitrogens with one attached hydrogen (secondary N) is 1. The van der Waals surface area contributed by atoms with Gasteiger partial charge in [0, 0.05) is 10.9 Å². The van der Waals surface area contributed by atoms with E-state index in [1.807, 2.05) is 66.7 Å². The summed E-state index contributed by atoms with van der Waals surface area (Å²) in [4.78, 5) is 17.5. The zero-order valence-electron chi connectivity index (χ0n) is 14.8. The number of thioether (sulfide) groups is 1. The molecule has 1 heterocycles. The van der Waals surface area contributed by atoms with E-state index < -0.39 is 0 Å². The first-order valence-corrected chi connectivity index (χ1v) is 9.42. The van der Waals surface area contributed by atoms with Gasteiger partial charge in [-0.3, -0.25) is 4.79 Å². The van der Waals surface area contributed by atoms with Crippen LogP contribution in [0, 0.1) is 11.3 Å². The molecular formula is C22H15N3O2S. The number of benzene rings is 3. The molecule has 136 valence electrons. The van der Waals surface area contributed by atoms with E-state index >= 15 is 0 Å². The summed E-state index contributed by atoms with van der Waals surface area (Å²) in [6.07, 6.45) is 1.75. The summed E-state index contributed by atoms with van der Waals surface area (Å²) in [6.45, 7) is -0.0483. The van der Waals surface area contributed by atoms with Crippen LogP contribution < -0.4 is 10.1 Å². The molecule has 0 saturated carbocycles. The van der Waals surface area contributed by atoms with Crippen LogP contribution in [0.2, 0.25) is 0 Å². The van der Waals surface area contributed by atoms with E-state index in [4.69, 9.17) is 10.00 Å². The van der Waals surface area contributed by atoms with E-state index in [-0.39, 0.29) is 12.5 Å². The molecule has 5 nitrogen and oxygen atoms in total. The van der Waals surface area contributed by atoms with Crippen LogP contribution in [0.25, 0.3) is 16.8 Å². The van der Waals surface area contributed by atoms with Crippen LogP contribution in [0.4, 0.5) is 5.69 Å². The third-order valence-electron chi connectivity index (χ3n) is 4.14. The van der Waals surface area contributed by atoms with Gasteiger partial charge in [-0.25, -0.2) is 4.99 Å². The molecule has 4 rings (SSSR count). The van der Waals surface area contributed by atoms with Gasteiger partial charge in [0.25, 0.3) is 5.91 Å². The van der Waals surface area contributed by atoms with Crippen molar-refractivity contribution in [2.45, 2.75) is 0 Å². The Morgan fingerprint density at radius 1 is 1.07 bits per heavy atom. The van der Waals surface area contributed by atoms with Crippen molar-refractivity contribution in [3.63, 3.8) is 0 Å². The lowest BCUT2D eigenvalue weighted by Crippen LogP contribution is -2.19. The summed E-state index contributed by atoms with van der Waals surface area (Å²) in [7, 11) is 0. The predicted molar refractivity (Wildman–Crippen MR) is 112 cm³/mol. The molecule has 6 heteroatoms. The minimum absolute atomic E-state index is 0.0483. The van der Waals surface area contributed by atoms with Gasteiger partial charge in [-0.2, -0.15) is 5.26 Å². The molecule has 3 aromatic rings. The largest absolute Gasteiger partial charge is 0.478 e. The Balaban J connectivity index is 1.64. The summed E-state index contributed by atoms with van der Waals surface area (Å²) >= 11 is 1.28. The molecule has 0 spiro atoms. The second kappa shape index (κ2) is 7.99. The Hall–Kier alpha value is -3.56. The molecule has 3 aromatic carbocycles. The third kappa shape index (κ3) is 3.75. The number of ether oxygens (including phenoxy) is 1. The SMILES string of the molecule is N#CCOc1ccccc1/C=C1\SC(=Nc2cccc3ccccc23)NC1=O. The first-order chi connectivity index (χ1) is 13.7. The number of nitrogens with zero attached hydrogens (tertiary/aromatic N) is 2. The third-order valence-corrected chi connectivity index (χ3v) is 5.05. The van der Waals surface area contributed by atoms with Crippen molar-refractivity contribution < 1.29 is 9.53 Å². The highest BCUT2D eigenvalue weighted by atomic mass is 32.2. The molecule has 0 unspecified atom stereocenters. The smallest absolute Gasteiger partial charge is 0.264 e. The highest BCUT2D eigenvalue weighted by Crippen LogP contribution is 2.32. The molecule has 0 radical (unpaired) electrons. The Morgan fingerprint density at radius 2 is 1.86 bits per heavy atom. The van der Waals surface area contributed by atoms with Crippen LogP contribution in [-0.4, -0.2) is 17.7 Å². The van der Waals surface area contributed by atoms with Crippen LogP contribution in [0.5, 0.6) is 5.75 Å². The lowest BCUT2D eigenvalue weighted by atomic mass is 10.1. The number of rotatable bonds is 4. The van der Waals surface area contributed by atoms with Crippen LogP contribution in [0.1, 0.15) is 5.56 Å². The van der Waals surface area contributed by atoms with Gasteiger partial charge in [-0.15, -0.1) is 0 Å². The van der Waals surface area contributed by atoms with Crippen molar-refractivity contribution in [1.29, 1.82) is 5.26 Å². The van der Waals surface area contributed by atoms with Crippen molar-refractivity contribution in [3.05, 3.63) is 77.2 Å². The number of carbonyl (C=O) groups is 1. The molecule has 1 aliphatic heterocycles. The van der Waals surface area contributed by atoms with Gasteiger partial charge in [-0.05, 0) is 35.4 Å². The lowest BCUT2D eigenvalue weighted by Gasteiger charge is -2.05. The van der Waals surface area contributed by atoms with Crippen LogP contribution in [-0.2, 0) is 4.79 Å². The monoisotopic (exact) mass is 385 g/mol. The number of nitriles is 1. The fourth-order valence-corrected chi connectivity index (χ4v) is 3.70. The Bertz CT molecular complexity index is 1160. The van der Waals surface area contributed by atoms with Gasteiger partial charge in [0.05, 0.1) is 10.6 Å². The van der Waals surface area contributed by atoms with E-state index in [1.165, 1.54) is 11.8 Å². The molecular weight excluding hydrogens is 370 g/mol. The average Bonchev–Trinajstić information content (AvgIpc) is 3.06. The van der Waals surface area contributed by atoms with E-state index in [2.05, 4.69) is 10.3 Å². The molecule has 0 bridgehead atoms. The second-order valence-electron chi connectivity index (χ2n) is 5.96. The number of carbonyl (C=O) groups excluding carboxylic acids is 1. The van der Waals surface area contributed by atoms with Crippen molar-refractivity contribution in [2.75, 3.05) is 6.61 Å². The zero-order valence-corrected chi connectivity index (χ0v) is 15.6. The van der Waals surface area contributed by atoms with Gasteiger partial charge in [0.1, 0.15) is 11.8 Å². The molecule has 0 aliphatic carbocycles. The molecule has 28 heavy (non-hydrogen) atoms. The van der Waals surface area contributed by atoms with Crippen molar-refractivity contribution >= 4 is 45.4 Å². The summed E-state index contributed by atoms with van der Waals surface area (Å²) in [6, 6.07) is 23.1. The van der Waals surface area contributed by atoms with Crippen LogP contribution in [0.15, 0.2) is 76.6 Å². The number of amides is 1. The molecule has 0 atom stereocenters. The van der Waals surface area contributed by atoms with E-state index in [0.29, 0.717) is 15.8 Å². The maximum Gasteiger partial charge on any atom is 0.264 e. The first kappa shape index (κ1) is 17.8. The summed E-state index contributed by atoms with van der Waals surface area (Å²) in [5.74, 6) is 0.350. The predicted octanol–water partition coefficient (Wildman–Crippen LogP) is 4.63. The zero-order chi connectivity index (χ0) is 19.3. The number of amidine groups is 1. The second-order valence-corrected chi connectivity index (χ2v) is 7.00. The maximum absolute atomic E-state index is 12.4. The van der Waals surface area contributed by atoms with Crippen molar-refractivity contribution in [3.8, 4) is 11.8 Å². The van der Waals surface area contributed by atoms with Gasteiger partial charge in [0.15, 0.2) is 11.8 Å². The van der Waals surface area contributed by atoms with E-state index in [9.17, 15) is 4.79 Å². The van der Waals surface area contributed by atoms with E-state index in [1.54, 1.807) is 12.1 Å². The van der Waals surface area contributed by atoms with Crippen molar-refractivity contribution in [1.82, 2.24) is 5.32 Å². The lowest BCUT2D eigenvalue weighted by molar-refractivity contribution is -0.115. The number of hydrogen-bond donors (Lipinski definition) is 1. The summed E-state index contributed by atoms with van der Waals surface area (Å²) in [5.41, 5.74) is 1.54. The standard InChI is InChI=1S/C22H15N3O2S/c23-12-13-27-19-11-4-2-7-16(19)14-20-21(26)25-22(28-20)24-18-10-5-8-15-6-1-3-9-17(15)18/h1-11,14H,13H2,(H,24,25,26)/b20-14-. The molecule has 1 N–H and O–H groups in total. The fourth-order valence-electron chi connectivity index (χ4n) is 2.88. The topological polar surface area (TPSA) is 74.5 Å². The quantitative estimate of drug-likeness (QED) is 0.664. The highest BCUT2D eigenvalue weighted by Gasteiger charge is 2.24. The molecule has 1 saturated heterocycles. The fraction of sp³-hybridized carbons (Fsp3) is 0.0455. The Kier molecular flexibility index (Phi) is 5.09. The Morgan fingerprint density at radius 3 is 2.75 bits per heavy atom. The minimum Gasteiger partial charge on any atom is -0.478 e. The Labute approximate surface area is 166 Å². The summed E-state index contributed by atoms with van der Waals surface area (Å²) < 4.78 is 5.43. The highest BCUT2D eigenvalue weighted by molar-refractivity contribution is 8.18. The number of fused-ring (bicyclic) bond motifs is 1. The van der Waals surface area contributed by atoms with Crippen LogP contribution >= 0.6 is 11.8 Å². The van der Waals surface area contributed by atoms with E-state index in [0.717, 1.165) is 22.0 Å². The first-order valence-electron chi connectivity index (χ1n) is 8.61. The minimum atomic E-state index is -0.209.